The van der Waals surface area contributed by atoms with Gasteiger partial charge in [-0.15, -0.1) is 0 Å². The zero-order valence-electron chi connectivity index (χ0n) is 29.4. The standard InChI is InChI=1S/C44H33BO9/c1-18-19(2)37(47)34-33(36(18)46)40(50)39(49)32-27-17-22(15-16-28(27)54-44(32)34)30-25-9-5-3-7-23(25)29(24-8-4-6-10-26(24)30)20-11-13-21(14-12-20)31-35(45)41(51)43(53)42(52)38(31)48/h3,5-7,9-17,46-53H,4,8,45H2,1-2H3. The largest absolute Gasteiger partial charge is 0.507 e. The van der Waals surface area contributed by atoms with Crippen molar-refractivity contribution in [1.29, 1.82) is 0 Å². The van der Waals surface area contributed by atoms with Crippen LogP contribution in [0.3, 0.4) is 0 Å². The van der Waals surface area contributed by atoms with Crippen LogP contribution in [0.2, 0.25) is 0 Å². The minimum absolute atomic E-state index is 0.0833. The van der Waals surface area contributed by atoms with Gasteiger partial charge in [0.05, 0.1) is 16.2 Å². The maximum atomic E-state index is 11.4. The van der Waals surface area contributed by atoms with Crippen LogP contribution < -0.4 is 5.46 Å². The van der Waals surface area contributed by atoms with Crippen LogP contribution in [-0.2, 0) is 6.42 Å². The third-order valence-corrected chi connectivity index (χ3v) is 11.2. The molecule has 0 radical (unpaired) electrons. The van der Waals surface area contributed by atoms with E-state index < -0.39 is 34.5 Å². The summed E-state index contributed by atoms with van der Waals surface area (Å²) in [5.74, 6) is -3.99. The minimum atomic E-state index is -0.788. The fraction of sp³-hybridized carbons (Fsp3) is 0.0909. The van der Waals surface area contributed by atoms with E-state index in [2.05, 4.69) is 24.3 Å². The predicted octanol–water partition coefficient (Wildman–Crippen LogP) is 8.37. The average molecular weight is 717 g/mol. The number of phenols is 8. The first-order valence-electron chi connectivity index (χ1n) is 17.5. The number of hydrogen-bond donors (Lipinski definition) is 8. The summed E-state index contributed by atoms with van der Waals surface area (Å²) in [4.78, 5) is 0. The second-order valence-corrected chi connectivity index (χ2v) is 14.0. The molecule has 0 spiro atoms. The Morgan fingerprint density at radius 1 is 0.537 bits per heavy atom. The van der Waals surface area contributed by atoms with Crippen molar-refractivity contribution >= 4 is 62.9 Å². The second kappa shape index (κ2) is 11.5. The van der Waals surface area contributed by atoms with E-state index in [1.54, 1.807) is 21.7 Å². The monoisotopic (exact) mass is 716 g/mol. The van der Waals surface area contributed by atoms with Gasteiger partial charge in [0.25, 0.3) is 0 Å². The van der Waals surface area contributed by atoms with E-state index in [9.17, 15) is 40.9 Å². The zero-order valence-corrected chi connectivity index (χ0v) is 29.4. The molecule has 1 aromatic heterocycles. The molecule has 0 unspecified atom stereocenters. The van der Waals surface area contributed by atoms with Gasteiger partial charge in [0.2, 0.25) is 11.5 Å². The van der Waals surface area contributed by atoms with Crippen LogP contribution in [0.25, 0.3) is 82.9 Å². The molecule has 8 aromatic rings. The molecule has 0 amide bonds. The van der Waals surface area contributed by atoms with E-state index in [0.717, 1.165) is 57.0 Å². The molecule has 9 nitrogen and oxygen atoms in total. The van der Waals surface area contributed by atoms with E-state index in [1.807, 2.05) is 54.6 Å². The number of furan rings is 1. The van der Waals surface area contributed by atoms with Crippen molar-refractivity contribution in [2.24, 2.45) is 0 Å². The van der Waals surface area contributed by atoms with E-state index >= 15 is 0 Å². The van der Waals surface area contributed by atoms with E-state index in [-0.39, 0.29) is 44.3 Å². The molecule has 0 saturated carbocycles. The van der Waals surface area contributed by atoms with Gasteiger partial charge >= 0.3 is 0 Å². The Kier molecular flexibility index (Phi) is 7.03. The maximum Gasteiger partial charge on any atom is 0.204 e. The Hall–Kier alpha value is -6.94. The quantitative estimate of drug-likeness (QED) is 0.0507. The summed E-state index contributed by atoms with van der Waals surface area (Å²) in [6.45, 7) is 3.29. The van der Waals surface area contributed by atoms with Crippen LogP contribution in [0.4, 0.5) is 0 Å². The Bertz CT molecular complexity index is 2960. The van der Waals surface area contributed by atoms with Gasteiger partial charge in [-0.3, -0.25) is 0 Å². The van der Waals surface area contributed by atoms with Crippen LogP contribution in [-0.4, -0.2) is 48.7 Å². The molecular formula is C44H33BO9. The van der Waals surface area contributed by atoms with Gasteiger partial charge in [0, 0.05) is 10.9 Å². The Labute approximate surface area is 308 Å². The molecule has 7 aromatic carbocycles. The second-order valence-electron chi connectivity index (χ2n) is 14.0. The van der Waals surface area contributed by atoms with Gasteiger partial charge in [-0.25, -0.2) is 0 Å². The van der Waals surface area contributed by atoms with Crippen LogP contribution in [0, 0.1) is 13.8 Å². The minimum Gasteiger partial charge on any atom is -0.507 e. The fourth-order valence-electron chi connectivity index (χ4n) is 8.32. The first-order chi connectivity index (χ1) is 25.9. The molecular weight excluding hydrogens is 683 g/mol. The highest BCUT2D eigenvalue weighted by atomic mass is 16.3. The van der Waals surface area contributed by atoms with Gasteiger partial charge in [0.1, 0.15) is 24.9 Å². The number of hydrogen-bond acceptors (Lipinski definition) is 9. The van der Waals surface area contributed by atoms with Gasteiger partial charge < -0.3 is 45.3 Å². The highest BCUT2D eigenvalue weighted by Gasteiger charge is 2.28. The normalized spacial score (nSPS) is 12.7. The van der Waals surface area contributed by atoms with Crippen LogP contribution >= 0.6 is 0 Å². The molecule has 1 aliphatic rings. The number of benzene rings is 7. The van der Waals surface area contributed by atoms with Gasteiger partial charge in [-0.2, -0.15) is 0 Å². The highest BCUT2D eigenvalue weighted by molar-refractivity contribution is 6.39. The summed E-state index contributed by atoms with van der Waals surface area (Å²) in [5, 5.41) is 88.9. The first-order valence-corrected chi connectivity index (χ1v) is 17.5. The third-order valence-electron chi connectivity index (χ3n) is 11.2. The summed E-state index contributed by atoms with van der Waals surface area (Å²) >= 11 is 0. The number of phenolic OH excluding ortho intramolecular Hbond substituents is 8. The van der Waals surface area contributed by atoms with Crippen molar-refractivity contribution in [3.63, 3.8) is 0 Å². The van der Waals surface area contributed by atoms with E-state index in [4.69, 9.17) is 4.42 Å². The molecule has 0 atom stereocenters. The lowest BCUT2D eigenvalue weighted by molar-refractivity contribution is 0.348. The molecule has 0 fully saturated rings. The lowest BCUT2D eigenvalue weighted by Gasteiger charge is -2.24. The van der Waals surface area contributed by atoms with Crippen molar-refractivity contribution < 1.29 is 45.3 Å². The average Bonchev–Trinajstić information content (AvgIpc) is 3.57. The zero-order chi connectivity index (χ0) is 37.9. The van der Waals surface area contributed by atoms with E-state index in [0.29, 0.717) is 27.7 Å². The summed E-state index contributed by atoms with van der Waals surface area (Å²) in [7, 11) is 1.55. The Balaban J connectivity index is 1.28. The molecule has 1 aliphatic carbocycles. The molecule has 0 bridgehead atoms. The van der Waals surface area contributed by atoms with Crippen molar-refractivity contribution in [3.05, 3.63) is 95.1 Å². The summed E-state index contributed by atoms with van der Waals surface area (Å²) in [6, 6.07) is 21.3. The predicted molar refractivity (Wildman–Crippen MR) is 213 cm³/mol. The van der Waals surface area contributed by atoms with Gasteiger partial charge in [0.15, 0.2) is 28.6 Å². The molecule has 54 heavy (non-hydrogen) atoms. The number of rotatable bonds is 3. The first kappa shape index (κ1) is 32.9. The Morgan fingerprint density at radius 3 is 1.80 bits per heavy atom. The summed E-state index contributed by atoms with van der Waals surface area (Å²) < 4.78 is 6.26. The lowest BCUT2D eigenvalue weighted by Crippen LogP contribution is -2.08. The van der Waals surface area contributed by atoms with Crippen molar-refractivity contribution in [2.75, 3.05) is 0 Å². The molecule has 8 N–H and O–H groups in total. The Morgan fingerprint density at radius 2 is 1.11 bits per heavy atom. The van der Waals surface area contributed by atoms with Gasteiger partial charge in [-0.1, -0.05) is 66.7 Å². The van der Waals surface area contributed by atoms with Crippen LogP contribution in [0.15, 0.2) is 77.2 Å². The SMILES string of the molecule is Bc1c(O)c(O)c(O)c(O)c1-c1ccc(-c2c3c(c(-c4ccc5oc6c7c(O)c(C)c(C)c(O)c7c(O)c(O)c6c5c4)c4ccccc24)C=CCC3)cc1. The smallest absolute Gasteiger partial charge is 0.204 e. The molecule has 1 heterocycles. The maximum absolute atomic E-state index is 11.4. The summed E-state index contributed by atoms with van der Waals surface area (Å²) in [5.41, 5.74) is 8.32. The number of aromatic hydroxyl groups is 8. The topological polar surface area (TPSA) is 175 Å². The summed E-state index contributed by atoms with van der Waals surface area (Å²) in [6.07, 6.45) is 5.86. The van der Waals surface area contributed by atoms with Crippen LogP contribution in [0.1, 0.15) is 28.7 Å². The highest BCUT2D eigenvalue weighted by Crippen LogP contribution is 2.54. The lowest BCUT2D eigenvalue weighted by atomic mass is 9.79. The number of allylic oxidation sites excluding steroid dienone is 1. The number of fused-ring (bicyclic) bond motifs is 7. The molecule has 9 rings (SSSR count). The van der Waals surface area contributed by atoms with Crippen molar-refractivity contribution in [2.45, 2.75) is 26.7 Å². The van der Waals surface area contributed by atoms with E-state index in [1.165, 1.54) is 0 Å². The molecule has 10 heteroatoms. The van der Waals surface area contributed by atoms with Crippen LogP contribution in [0.5, 0.6) is 46.0 Å². The molecule has 266 valence electrons. The fourth-order valence-corrected chi connectivity index (χ4v) is 8.32. The molecule has 0 aliphatic heterocycles. The van der Waals surface area contributed by atoms with Crippen molar-refractivity contribution in [1.82, 2.24) is 0 Å². The van der Waals surface area contributed by atoms with Crippen molar-refractivity contribution in [3.8, 4) is 79.4 Å². The molecule has 0 saturated heterocycles. The third kappa shape index (κ3) is 4.34. The van der Waals surface area contributed by atoms with Gasteiger partial charge in [-0.05, 0) is 105 Å².